The molecule has 2 aromatic heterocycles. The van der Waals surface area contributed by atoms with Gasteiger partial charge < -0.3 is 10.1 Å². The van der Waals surface area contributed by atoms with E-state index in [2.05, 4.69) is 15.3 Å². The quantitative estimate of drug-likeness (QED) is 0.664. The molecule has 1 amide bonds. The Bertz CT molecular complexity index is 583. The van der Waals surface area contributed by atoms with Crippen LogP contribution in [0.4, 0.5) is 0 Å². The van der Waals surface area contributed by atoms with Crippen molar-refractivity contribution in [3.05, 3.63) is 65.9 Å². The number of pyridine rings is 2. The first-order valence-electron chi connectivity index (χ1n) is 6.13. The Hall–Kier alpha value is -2.69. The van der Waals surface area contributed by atoms with E-state index in [0.717, 1.165) is 5.56 Å². The number of carbonyl (C=O) groups is 1. The lowest BCUT2D eigenvalue weighted by Crippen LogP contribution is -2.25. The summed E-state index contributed by atoms with van der Waals surface area (Å²) in [4.78, 5) is 20.1. The Kier molecular flexibility index (Phi) is 4.83. The highest BCUT2D eigenvalue weighted by molar-refractivity contribution is 5.95. The zero-order valence-electron chi connectivity index (χ0n) is 11.1. The molecule has 2 rings (SSSR count). The van der Waals surface area contributed by atoms with Crippen LogP contribution < -0.4 is 5.32 Å². The lowest BCUT2D eigenvalue weighted by Gasteiger charge is -2.07. The minimum absolute atomic E-state index is 0.215. The maximum atomic E-state index is 12.0. The van der Waals surface area contributed by atoms with Crippen LogP contribution >= 0.6 is 0 Å². The van der Waals surface area contributed by atoms with E-state index in [1.807, 2.05) is 24.3 Å². The molecule has 0 aliphatic rings. The molecule has 0 fully saturated rings. The lowest BCUT2D eigenvalue weighted by atomic mass is 10.2. The van der Waals surface area contributed by atoms with Crippen LogP contribution in [0.3, 0.4) is 0 Å². The number of hydrogen-bond donors (Lipinski definition) is 1. The third kappa shape index (κ3) is 3.91. The fourth-order valence-corrected chi connectivity index (χ4v) is 1.58. The van der Waals surface area contributed by atoms with E-state index in [1.54, 1.807) is 30.7 Å². The average molecular weight is 269 g/mol. The van der Waals surface area contributed by atoms with Crippen LogP contribution in [0.1, 0.15) is 11.3 Å². The van der Waals surface area contributed by atoms with Crippen molar-refractivity contribution in [2.45, 2.75) is 6.54 Å². The molecule has 20 heavy (non-hydrogen) atoms. The zero-order chi connectivity index (χ0) is 14.2. The number of nitrogens with one attached hydrogen (secondary N) is 1. The minimum atomic E-state index is -0.290. The van der Waals surface area contributed by atoms with Gasteiger partial charge in [-0.05, 0) is 23.8 Å². The summed E-state index contributed by atoms with van der Waals surface area (Å²) in [7, 11) is 1.46. The molecule has 5 nitrogen and oxygen atoms in total. The first kappa shape index (κ1) is 13.7. The molecule has 0 saturated carbocycles. The van der Waals surface area contributed by atoms with Gasteiger partial charge in [-0.15, -0.1) is 0 Å². The maximum Gasteiger partial charge on any atom is 0.286 e. The third-order valence-corrected chi connectivity index (χ3v) is 2.59. The number of aromatic nitrogens is 2. The zero-order valence-corrected chi connectivity index (χ0v) is 11.1. The number of methoxy groups -OCH3 is 1. The van der Waals surface area contributed by atoms with Crippen LogP contribution in [0.15, 0.2) is 54.7 Å². The Morgan fingerprint density at radius 3 is 2.85 bits per heavy atom. The fraction of sp³-hybridized carbons (Fsp3) is 0.133. The first-order chi connectivity index (χ1) is 9.79. The Morgan fingerprint density at radius 1 is 1.30 bits per heavy atom. The van der Waals surface area contributed by atoms with E-state index in [4.69, 9.17) is 4.74 Å². The highest BCUT2D eigenvalue weighted by atomic mass is 16.5. The fourth-order valence-electron chi connectivity index (χ4n) is 1.58. The smallest absolute Gasteiger partial charge is 0.286 e. The predicted octanol–water partition coefficient (Wildman–Crippen LogP) is 1.78. The van der Waals surface area contributed by atoms with Crippen LogP contribution in [-0.4, -0.2) is 23.0 Å². The molecule has 0 bridgehead atoms. The molecular weight excluding hydrogens is 254 g/mol. The van der Waals surface area contributed by atoms with Crippen molar-refractivity contribution in [2.24, 2.45) is 0 Å². The third-order valence-electron chi connectivity index (χ3n) is 2.59. The SMILES string of the molecule is CO/C(=C/c1ccccn1)C(=O)NCc1cccnc1. The van der Waals surface area contributed by atoms with Crippen molar-refractivity contribution in [3.8, 4) is 0 Å². The van der Waals surface area contributed by atoms with Crippen molar-refractivity contribution in [1.29, 1.82) is 0 Å². The molecule has 0 aromatic carbocycles. The van der Waals surface area contributed by atoms with E-state index >= 15 is 0 Å². The normalized spacial score (nSPS) is 10.9. The number of hydrogen-bond acceptors (Lipinski definition) is 4. The van der Waals surface area contributed by atoms with Crippen LogP contribution in [0.2, 0.25) is 0 Å². The number of nitrogens with zero attached hydrogens (tertiary/aromatic N) is 2. The molecule has 0 unspecified atom stereocenters. The van der Waals surface area contributed by atoms with E-state index < -0.39 is 0 Å². The molecule has 0 radical (unpaired) electrons. The van der Waals surface area contributed by atoms with E-state index in [9.17, 15) is 4.79 Å². The van der Waals surface area contributed by atoms with Crippen molar-refractivity contribution >= 4 is 12.0 Å². The number of carbonyl (C=O) groups excluding carboxylic acids is 1. The van der Waals surface area contributed by atoms with Crippen molar-refractivity contribution < 1.29 is 9.53 Å². The highest BCUT2D eigenvalue weighted by Crippen LogP contribution is 2.05. The summed E-state index contributed by atoms with van der Waals surface area (Å²) in [5.74, 6) is -0.0744. The van der Waals surface area contributed by atoms with Gasteiger partial charge in [0.25, 0.3) is 5.91 Å². The summed E-state index contributed by atoms with van der Waals surface area (Å²) >= 11 is 0. The molecule has 102 valence electrons. The van der Waals surface area contributed by atoms with Gasteiger partial charge in [0.1, 0.15) is 0 Å². The Labute approximate surface area is 117 Å². The van der Waals surface area contributed by atoms with Gasteiger partial charge in [-0.2, -0.15) is 0 Å². The van der Waals surface area contributed by atoms with Crippen molar-refractivity contribution in [3.63, 3.8) is 0 Å². The first-order valence-corrected chi connectivity index (χ1v) is 6.13. The summed E-state index contributed by atoms with van der Waals surface area (Å²) in [5.41, 5.74) is 1.59. The second-order valence-corrected chi connectivity index (χ2v) is 4.01. The van der Waals surface area contributed by atoms with Crippen molar-refractivity contribution in [2.75, 3.05) is 7.11 Å². The van der Waals surface area contributed by atoms with Crippen LogP contribution in [0.5, 0.6) is 0 Å². The minimum Gasteiger partial charge on any atom is -0.491 e. The number of amides is 1. The van der Waals surface area contributed by atoms with Gasteiger partial charge in [0.15, 0.2) is 5.76 Å². The maximum absolute atomic E-state index is 12.0. The molecule has 0 saturated heterocycles. The second-order valence-electron chi connectivity index (χ2n) is 4.01. The highest BCUT2D eigenvalue weighted by Gasteiger charge is 2.09. The average Bonchev–Trinajstić information content (AvgIpc) is 2.52. The molecule has 0 aliphatic heterocycles. The summed E-state index contributed by atoms with van der Waals surface area (Å²) in [6, 6.07) is 9.17. The number of ether oxygens (including phenoxy) is 1. The van der Waals surface area contributed by atoms with Crippen LogP contribution in [0, 0.1) is 0 Å². The summed E-state index contributed by atoms with van der Waals surface area (Å²) in [6.07, 6.45) is 6.65. The van der Waals surface area contributed by atoms with Crippen molar-refractivity contribution in [1.82, 2.24) is 15.3 Å². The standard InChI is InChI=1S/C15H15N3O2/c1-20-14(9-13-6-2-3-8-17-13)15(19)18-11-12-5-4-7-16-10-12/h2-10H,11H2,1H3,(H,18,19)/b14-9+. The van der Waals surface area contributed by atoms with Gasteiger partial charge in [-0.1, -0.05) is 12.1 Å². The topological polar surface area (TPSA) is 64.1 Å². The van der Waals surface area contributed by atoms with Crippen LogP contribution in [-0.2, 0) is 16.1 Å². The van der Waals surface area contributed by atoms with E-state index in [1.165, 1.54) is 7.11 Å². The molecule has 1 N–H and O–H groups in total. The van der Waals surface area contributed by atoms with Gasteiger partial charge >= 0.3 is 0 Å². The van der Waals surface area contributed by atoms with Gasteiger partial charge in [0, 0.05) is 31.2 Å². The summed E-state index contributed by atoms with van der Waals surface area (Å²) in [6.45, 7) is 0.398. The molecule has 5 heteroatoms. The summed E-state index contributed by atoms with van der Waals surface area (Å²) < 4.78 is 5.10. The summed E-state index contributed by atoms with van der Waals surface area (Å²) in [5, 5.41) is 2.77. The van der Waals surface area contributed by atoms with E-state index in [0.29, 0.717) is 12.2 Å². The second kappa shape index (κ2) is 7.04. The molecule has 2 heterocycles. The molecule has 0 aliphatic carbocycles. The molecule has 2 aromatic rings. The molecule has 0 atom stereocenters. The van der Waals surface area contributed by atoms with Gasteiger partial charge in [0.2, 0.25) is 0 Å². The monoisotopic (exact) mass is 269 g/mol. The molecule has 0 spiro atoms. The molecular formula is C15H15N3O2. The van der Waals surface area contributed by atoms with E-state index in [-0.39, 0.29) is 11.7 Å². The van der Waals surface area contributed by atoms with Gasteiger partial charge in [-0.25, -0.2) is 0 Å². The predicted molar refractivity (Wildman–Crippen MR) is 75.3 cm³/mol. The Balaban J connectivity index is 2.01. The number of rotatable bonds is 5. The van der Waals surface area contributed by atoms with Gasteiger partial charge in [-0.3, -0.25) is 14.8 Å². The van der Waals surface area contributed by atoms with Gasteiger partial charge in [0.05, 0.1) is 12.8 Å². The Morgan fingerprint density at radius 2 is 2.20 bits per heavy atom. The lowest BCUT2D eigenvalue weighted by molar-refractivity contribution is -0.120. The largest absolute Gasteiger partial charge is 0.491 e. The van der Waals surface area contributed by atoms with Crippen LogP contribution in [0.25, 0.3) is 6.08 Å².